The minimum atomic E-state index is -0.253. The van der Waals surface area contributed by atoms with Gasteiger partial charge in [0.1, 0.15) is 18.2 Å². The highest BCUT2D eigenvalue weighted by atomic mass is 35.5. The minimum absolute atomic E-state index is 0.198. The summed E-state index contributed by atoms with van der Waals surface area (Å²) in [5.41, 5.74) is 1.47. The van der Waals surface area contributed by atoms with Crippen molar-refractivity contribution in [1.82, 2.24) is 5.32 Å². The summed E-state index contributed by atoms with van der Waals surface area (Å²) in [6, 6.07) is 12.8. The van der Waals surface area contributed by atoms with Gasteiger partial charge >= 0.3 is 0 Å². The van der Waals surface area contributed by atoms with E-state index in [9.17, 15) is 4.39 Å². The molecule has 110 valence electrons. The topological polar surface area (TPSA) is 21.3 Å². The third kappa shape index (κ3) is 3.74. The van der Waals surface area contributed by atoms with Crippen LogP contribution < -0.4 is 10.1 Å². The second kappa shape index (κ2) is 6.46. The highest BCUT2D eigenvalue weighted by Crippen LogP contribution is 2.29. The molecule has 0 aliphatic heterocycles. The quantitative estimate of drug-likeness (QED) is 0.858. The molecule has 0 spiro atoms. The molecule has 2 aromatic rings. The van der Waals surface area contributed by atoms with E-state index in [-0.39, 0.29) is 12.4 Å². The lowest BCUT2D eigenvalue weighted by Crippen LogP contribution is -2.16. The van der Waals surface area contributed by atoms with Gasteiger partial charge in [-0.3, -0.25) is 0 Å². The molecule has 1 saturated carbocycles. The third-order valence-electron chi connectivity index (χ3n) is 3.56. The molecule has 0 atom stereocenters. The molecule has 2 nitrogen and oxygen atoms in total. The Hall–Kier alpha value is -1.58. The third-order valence-corrected chi connectivity index (χ3v) is 3.92. The smallest absolute Gasteiger partial charge is 0.129 e. The molecule has 0 bridgehead atoms. The van der Waals surface area contributed by atoms with Gasteiger partial charge in [0.25, 0.3) is 0 Å². The number of hydrogen-bond acceptors (Lipinski definition) is 2. The average Bonchev–Trinajstić information content (AvgIpc) is 3.30. The van der Waals surface area contributed by atoms with E-state index in [0.29, 0.717) is 28.9 Å². The first-order chi connectivity index (χ1) is 10.2. The summed E-state index contributed by atoms with van der Waals surface area (Å²) in [6.07, 6.45) is 2.44. The molecule has 1 N–H and O–H groups in total. The van der Waals surface area contributed by atoms with Crippen LogP contribution in [0.1, 0.15) is 24.0 Å². The molecule has 0 radical (unpaired) electrons. The van der Waals surface area contributed by atoms with E-state index in [2.05, 4.69) is 5.32 Å². The molecular weight excluding hydrogens is 289 g/mol. The van der Waals surface area contributed by atoms with Crippen LogP contribution in [-0.2, 0) is 13.2 Å². The summed E-state index contributed by atoms with van der Waals surface area (Å²) >= 11 is 6.25. The van der Waals surface area contributed by atoms with Gasteiger partial charge in [0, 0.05) is 28.7 Å². The van der Waals surface area contributed by atoms with E-state index < -0.39 is 0 Å². The van der Waals surface area contributed by atoms with Crippen molar-refractivity contribution < 1.29 is 9.13 Å². The summed E-state index contributed by atoms with van der Waals surface area (Å²) < 4.78 is 19.4. The lowest BCUT2D eigenvalue weighted by Gasteiger charge is -2.14. The molecule has 1 aliphatic carbocycles. The lowest BCUT2D eigenvalue weighted by molar-refractivity contribution is 0.296. The Morgan fingerprint density at radius 2 is 1.95 bits per heavy atom. The summed E-state index contributed by atoms with van der Waals surface area (Å²) in [4.78, 5) is 0. The maximum atomic E-state index is 13.6. The van der Waals surface area contributed by atoms with Crippen LogP contribution in [0.25, 0.3) is 0 Å². The Kier molecular flexibility index (Phi) is 4.42. The molecule has 0 aromatic heterocycles. The summed E-state index contributed by atoms with van der Waals surface area (Å²) in [5, 5.41) is 4.10. The van der Waals surface area contributed by atoms with Crippen LogP contribution >= 0.6 is 11.6 Å². The van der Waals surface area contributed by atoms with Crippen LogP contribution in [0.5, 0.6) is 5.75 Å². The Morgan fingerprint density at radius 3 is 2.71 bits per heavy atom. The van der Waals surface area contributed by atoms with E-state index in [1.165, 1.54) is 18.9 Å². The first-order valence-electron chi connectivity index (χ1n) is 7.11. The van der Waals surface area contributed by atoms with Crippen LogP contribution in [0, 0.1) is 5.82 Å². The van der Waals surface area contributed by atoms with Crippen molar-refractivity contribution >= 4 is 11.6 Å². The summed E-state index contributed by atoms with van der Waals surface area (Å²) in [5.74, 6) is 0.455. The zero-order valence-electron chi connectivity index (χ0n) is 11.6. The summed E-state index contributed by atoms with van der Waals surface area (Å²) in [6.45, 7) is 0.875. The minimum Gasteiger partial charge on any atom is -0.488 e. The van der Waals surface area contributed by atoms with E-state index in [4.69, 9.17) is 16.3 Å². The zero-order chi connectivity index (χ0) is 14.7. The van der Waals surface area contributed by atoms with Gasteiger partial charge in [0.2, 0.25) is 0 Å². The van der Waals surface area contributed by atoms with Crippen molar-refractivity contribution in [3.63, 3.8) is 0 Å². The monoisotopic (exact) mass is 305 g/mol. The first kappa shape index (κ1) is 14.4. The maximum Gasteiger partial charge on any atom is 0.129 e. The van der Waals surface area contributed by atoms with Crippen molar-refractivity contribution in [3.05, 3.63) is 64.4 Å². The molecule has 0 amide bonds. The average molecular weight is 306 g/mol. The lowest BCUT2D eigenvalue weighted by atomic mass is 10.2. The Labute approximate surface area is 128 Å². The molecule has 0 saturated heterocycles. The number of benzene rings is 2. The maximum absolute atomic E-state index is 13.6. The number of rotatable bonds is 6. The molecular formula is C17H17ClFNO. The van der Waals surface area contributed by atoms with E-state index >= 15 is 0 Å². The van der Waals surface area contributed by atoms with Crippen LogP contribution in [-0.4, -0.2) is 6.04 Å². The molecule has 1 aliphatic rings. The zero-order valence-corrected chi connectivity index (χ0v) is 12.4. The molecule has 2 aromatic carbocycles. The second-order valence-corrected chi connectivity index (χ2v) is 5.66. The fourth-order valence-electron chi connectivity index (χ4n) is 2.15. The molecule has 0 unspecified atom stereocenters. The van der Waals surface area contributed by atoms with E-state index in [1.54, 1.807) is 18.2 Å². The number of ether oxygens (including phenoxy) is 1. The fourth-order valence-corrected chi connectivity index (χ4v) is 2.38. The van der Waals surface area contributed by atoms with Gasteiger partial charge in [0.05, 0.1) is 0 Å². The Balaban J connectivity index is 1.71. The first-order valence-corrected chi connectivity index (χ1v) is 7.49. The van der Waals surface area contributed by atoms with Crippen molar-refractivity contribution in [2.75, 3.05) is 0 Å². The molecule has 4 heteroatoms. The molecule has 21 heavy (non-hydrogen) atoms. The second-order valence-electron chi connectivity index (χ2n) is 5.25. The van der Waals surface area contributed by atoms with Gasteiger partial charge in [-0.2, -0.15) is 0 Å². The predicted molar refractivity (Wildman–Crippen MR) is 82.0 cm³/mol. The van der Waals surface area contributed by atoms with E-state index in [1.807, 2.05) is 18.2 Å². The van der Waals surface area contributed by atoms with Crippen LogP contribution in [0.2, 0.25) is 5.02 Å². The van der Waals surface area contributed by atoms with Crippen LogP contribution in [0.3, 0.4) is 0 Å². The van der Waals surface area contributed by atoms with Crippen molar-refractivity contribution in [1.29, 1.82) is 0 Å². The van der Waals surface area contributed by atoms with Gasteiger partial charge in [-0.05, 0) is 31.0 Å². The Bertz CT molecular complexity index is 628. The van der Waals surface area contributed by atoms with Crippen LogP contribution in [0.15, 0.2) is 42.5 Å². The van der Waals surface area contributed by atoms with Gasteiger partial charge in [-0.1, -0.05) is 35.9 Å². The van der Waals surface area contributed by atoms with Crippen LogP contribution in [0.4, 0.5) is 4.39 Å². The number of hydrogen-bond donors (Lipinski definition) is 1. The highest BCUT2D eigenvalue weighted by Gasteiger charge is 2.21. The molecule has 0 heterocycles. The van der Waals surface area contributed by atoms with E-state index in [0.717, 1.165) is 5.56 Å². The van der Waals surface area contributed by atoms with Crippen molar-refractivity contribution in [3.8, 4) is 5.75 Å². The Morgan fingerprint density at radius 1 is 1.14 bits per heavy atom. The number of halogens is 2. The summed E-state index contributed by atoms with van der Waals surface area (Å²) in [7, 11) is 0. The standard InChI is InChI=1S/C17H17ClFNO/c18-15-5-3-7-17(14(15)10-20-13-8-9-13)21-11-12-4-1-2-6-16(12)19/h1-7,13,20H,8-11H2. The van der Waals surface area contributed by atoms with Gasteiger partial charge in [0.15, 0.2) is 0 Å². The van der Waals surface area contributed by atoms with Crippen molar-refractivity contribution in [2.45, 2.75) is 32.0 Å². The SMILES string of the molecule is Fc1ccccc1COc1cccc(Cl)c1CNC1CC1. The normalized spacial score (nSPS) is 14.2. The predicted octanol–water partition coefficient (Wildman–Crippen LogP) is 4.31. The van der Waals surface area contributed by atoms with Crippen molar-refractivity contribution in [2.24, 2.45) is 0 Å². The largest absolute Gasteiger partial charge is 0.488 e. The fraction of sp³-hybridized carbons (Fsp3) is 0.294. The van der Waals surface area contributed by atoms with Gasteiger partial charge in [-0.25, -0.2) is 4.39 Å². The molecule has 3 rings (SSSR count). The highest BCUT2D eigenvalue weighted by molar-refractivity contribution is 6.31. The van der Waals surface area contributed by atoms with Gasteiger partial charge in [-0.15, -0.1) is 0 Å². The number of nitrogens with one attached hydrogen (secondary N) is 1. The molecule has 1 fully saturated rings. The van der Waals surface area contributed by atoms with Gasteiger partial charge < -0.3 is 10.1 Å².